The lowest BCUT2D eigenvalue weighted by Gasteiger charge is -2.29. The number of benzene rings is 2. The summed E-state index contributed by atoms with van der Waals surface area (Å²) in [5, 5.41) is 2.83. The molecule has 2 amide bonds. The average molecular weight is 481 g/mol. The van der Waals surface area contributed by atoms with Gasteiger partial charge in [-0.25, -0.2) is 4.39 Å². The third kappa shape index (κ3) is 7.48. The molecule has 0 unspecified atom stereocenters. The number of carbonyl (C=O) groups is 2. The second-order valence-corrected chi connectivity index (χ2v) is 8.97. The Labute approximate surface area is 184 Å². The van der Waals surface area contributed by atoms with Gasteiger partial charge in [-0.2, -0.15) is 0 Å². The van der Waals surface area contributed by atoms with Crippen LogP contribution in [0.2, 0.25) is 0 Å². The largest absolute Gasteiger partial charge is 0.352 e. The molecule has 0 saturated carbocycles. The number of thioether (sulfide) groups is 1. The molecule has 2 rings (SSSR count). The molecule has 1 atom stereocenters. The monoisotopic (exact) mass is 480 g/mol. The zero-order valence-corrected chi connectivity index (χ0v) is 19.2. The van der Waals surface area contributed by atoms with Crippen LogP contribution in [0.1, 0.15) is 31.9 Å². The van der Waals surface area contributed by atoms with Gasteiger partial charge in [0, 0.05) is 28.4 Å². The normalized spacial score (nSPS) is 11.9. The van der Waals surface area contributed by atoms with Crippen LogP contribution in [0.3, 0.4) is 0 Å². The molecule has 0 aliphatic rings. The maximum Gasteiger partial charge on any atom is 0.242 e. The maximum atomic E-state index is 14.1. The van der Waals surface area contributed by atoms with Crippen LogP contribution in [-0.2, 0) is 21.9 Å². The summed E-state index contributed by atoms with van der Waals surface area (Å²) in [7, 11) is 0. The molecule has 2 aromatic carbocycles. The quantitative estimate of drug-likeness (QED) is 0.562. The smallest absolute Gasteiger partial charge is 0.242 e. The second-order valence-electron chi connectivity index (χ2n) is 7.07. The van der Waals surface area contributed by atoms with Crippen LogP contribution < -0.4 is 5.32 Å². The van der Waals surface area contributed by atoms with E-state index in [9.17, 15) is 14.0 Å². The first-order valence-corrected chi connectivity index (χ1v) is 11.4. The second kappa shape index (κ2) is 11.4. The highest BCUT2D eigenvalue weighted by Crippen LogP contribution is 2.18. The van der Waals surface area contributed by atoms with E-state index in [0.717, 1.165) is 10.0 Å². The van der Waals surface area contributed by atoms with E-state index in [1.165, 1.54) is 22.7 Å². The molecule has 0 spiro atoms. The van der Waals surface area contributed by atoms with Gasteiger partial charge >= 0.3 is 0 Å². The zero-order chi connectivity index (χ0) is 21.4. The van der Waals surface area contributed by atoms with Crippen molar-refractivity contribution in [1.82, 2.24) is 10.2 Å². The highest BCUT2D eigenvalue weighted by molar-refractivity contribution is 9.10. The highest BCUT2D eigenvalue weighted by Gasteiger charge is 2.27. The molecule has 7 heteroatoms. The van der Waals surface area contributed by atoms with Gasteiger partial charge in [0.25, 0.3) is 0 Å². The SMILES string of the molecule is CC(C)NC(=O)[C@@H](C)N(Cc1ccccc1F)C(=O)CSCc1ccc(Br)cc1. The third-order valence-corrected chi connectivity index (χ3v) is 5.82. The summed E-state index contributed by atoms with van der Waals surface area (Å²) < 4.78 is 15.1. The van der Waals surface area contributed by atoms with Crippen molar-refractivity contribution in [2.45, 2.75) is 45.2 Å². The molecule has 1 N–H and O–H groups in total. The fourth-order valence-electron chi connectivity index (χ4n) is 2.72. The number of amides is 2. The van der Waals surface area contributed by atoms with E-state index in [2.05, 4.69) is 21.2 Å². The minimum absolute atomic E-state index is 0.0397. The van der Waals surface area contributed by atoms with E-state index in [-0.39, 0.29) is 36.0 Å². The van der Waals surface area contributed by atoms with E-state index in [0.29, 0.717) is 11.3 Å². The Morgan fingerprint density at radius 3 is 2.38 bits per heavy atom. The molecular formula is C22H26BrFN2O2S. The number of carbonyl (C=O) groups excluding carboxylic acids is 2. The van der Waals surface area contributed by atoms with E-state index in [1.807, 2.05) is 38.1 Å². The van der Waals surface area contributed by atoms with E-state index in [4.69, 9.17) is 0 Å². The van der Waals surface area contributed by atoms with Crippen LogP contribution in [0, 0.1) is 5.82 Å². The van der Waals surface area contributed by atoms with Gasteiger partial charge in [0.2, 0.25) is 11.8 Å². The molecule has 29 heavy (non-hydrogen) atoms. The molecule has 156 valence electrons. The molecule has 0 heterocycles. The summed E-state index contributed by atoms with van der Waals surface area (Å²) in [4.78, 5) is 26.9. The van der Waals surface area contributed by atoms with Crippen LogP contribution in [0.5, 0.6) is 0 Å². The fourth-order valence-corrected chi connectivity index (χ4v) is 3.85. The Bertz CT molecular complexity index is 830. The molecule has 0 aromatic heterocycles. The van der Waals surface area contributed by atoms with Crippen molar-refractivity contribution in [1.29, 1.82) is 0 Å². The summed E-state index contributed by atoms with van der Waals surface area (Å²) >= 11 is 4.88. The number of nitrogens with one attached hydrogen (secondary N) is 1. The Morgan fingerprint density at radius 2 is 1.76 bits per heavy atom. The molecule has 0 aliphatic carbocycles. The Morgan fingerprint density at radius 1 is 1.10 bits per heavy atom. The lowest BCUT2D eigenvalue weighted by atomic mass is 10.1. The van der Waals surface area contributed by atoms with Crippen molar-refractivity contribution in [3.8, 4) is 0 Å². The van der Waals surface area contributed by atoms with Gasteiger partial charge in [0.05, 0.1) is 5.75 Å². The standard InChI is InChI=1S/C22H26BrFN2O2S/c1-15(2)25-22(28)16(3)26(12-18-6-4-5-7-20(18)24)21(27)14-29-13-17-8-10-19(23)11-9-17/h4-11,15-16H,12-14H2,1-3H3,(H,25,28)/t16-/m1/s1. The van der Waals surface area contributed by atoms with Gasteiger partial charge in [0.15, 0.2) is 0 Å². The van der Waals surface area contributed by atoms with Crippen molar-refractivity contribution in [2.24, 2.45) is 0 Å². The number of hydrogen-bond acceptors (Lipinski definition) is 3. The molecule has 0 fully saturated rings. The lowest BCUT2D eigenvalue weighted by Crippen LogP contribution is -2.49. The van der Waals surface area contributed by atoms with Crippen LogP contribution in [0.15, 0.2) is 53.0 Å². The van der Waals surface area contributed by atoms with Gasteiger partial charge in [-0.3, -0.25) is 9.59 Å². The van der Waals surface area contributed by atoms with Crippen LogP contribution in [0.4, 0.5) is 4.39 Å². The molecule has 4 nitrogen and oxygen atoms in total. The summed E-state index contributed by atoms with van der Waals surface area (Å²) in [6, 6.07) is 13.5. The van der Waals surface area contributed by atoms with E-state index < -0.39 is 6.04 Å². The summed E-state index contributed by atoms with van der Waals surface area (Å²) in [6.45, 7) is 5.45. The number of hydrogen-bond donors (Lipinski definition) is 1. The topological polar surface area (TPSA) is 49.4 Å². The molecule has 0 aliphatic heterocycles. The first-order chi connectivity index (χ1) is 13.8. The molecule has 0 radical (unpaired) electrons. The average Bonchev–Trinajstić information content (AvgIpc) is 2.67. The number of nitrogens with zero attached hydrogens (tertiary/aromatic N) is 1. The first kappa shape index (κ1) is 23.4. The molecule has 0 bridgehead atoms. The van der Waals surface area contributed by atoms with Gasteiger partial charge in [-0.15, -0.1) is 11.8 Å². The summed E-state index contributed by atoms with van der Waals surface area (Å²) in [6.07, 6.45) is 0. The van der Waals surface area contributed by atoms with Crippen molar-refractivity contribution in [3.05, 3.63) is 69.9 Å². The predicted molar refractivity (Wildman–Crippen MR) is 120 cm³/mol. The lowest BCUT2D eigenvalue weighted by molar-refractivity contribution is -0.138. The summed E-state index contributed by atoms with van der Waals surface area (Å²) in [5.41, 5.74) is 1.50. The molecule has 0 saturated heterocycles. The minimum Gasteiger partial charge on any atom is -0.352 e. The number of rotatable bonds is 9. The van der Waals surface area contributed by atoms with Crippen LogP contribution >= 0.6 is 27.7 Å². The maximum absolute atomic E-state index is 14.1. The number of halogens is 2. The first-order valence-electron chi connectivity index (χ1n) is 9.43. The van der Waals surface area contributed by atoms with Gasteiger partial charge in [-0.05, 0) is 44.5 Å². The third-order valence-electron chi connectivity index (χ3n) is 4.30. The molecular weight excluding hydrogens is 455 g/mol. The summed E-state index contributed by atoms with van der Waals surface area (Å²) in [5.74, 6) is 0.0665. The van der Waals surface area contributed by atoms with Crippen molar-refractivity contribution < 1.29 is 14.0 Å². The van der Waals surface area contributed by atoms with Crippen molar-refractivity contribution in [3.63, 3.8) is 0 Å². The zero-order valence-electron chi connectivity index (χ0n) is 16.8. The Balaban J connectivity index is 2.07. The van der Waals surface area contributed by atoms with Crippen molar-refractivity contribution in [2.75, 3.05) is 5.75 Å². The Kier molecular flexibility index (Phi) is 9.17. The van der Waals surface area contributed by atoms with Crippen LogP contribution in [0.25, 0.3) is 0 Å². The van der Waals surface area contributed by atoms with Crippen LogP contribution in [-0.4, -0.2) is 34.6 Å². The van der Waals surface area contributed by atoms with Gasteiger partial charge in [0.1, 0.15) is 11.9 Å². The Hall–Kier alpha value is -1.86. The van der Waals surface area contributed by atoms with Crippen molar-refractivity contribution >= 4 is 39.5 Å². The predicted octanol–water partition coefficient (Wildman–Crippen LogP) is 4.76. The van der Waals surface area contributed by atoms with Gasteiger partial charge in [-0.1, -0.05) is 46.3 Å². The van der Waals surface area contributed by atoms with E-state index >= 15 is 0 Å². The highest BCUT2D eigenvalue weighted by atomic mass is 79.9. The van der Waals surface area contributed by atoms with E-state index in [1.54, 1.807) is 25.1 Å². The minimum atomic E-state index is -0.696. The van der Waals surface area contributed by atoms with Gasteiger partial charge < -0.3 is 10.2 Å². The fraction of sp³-hybridized carbons (Fsp3) is 0.364. The molecule has 2 aromatic rings.